The van der Waals surface area contributed by atoms with Gasteiger partial charge in [0.15, 0.2) is 0 Å². The highest BCUT2D eigenvalue weighted by molar-refractivity contribution is 5.83. The molecule has 1 heterocycles. The van der Waals surface area contributed by atoms with Crippen molar-refractivity contribution in [2.45, 2.75) is 13.3 Å². The zero-order chi connectivity index (χ0) is 14.4. The van der Waals surface area contributed by atoms with Crippen molar-refractivity contribution in [3.8, 4) is 11.3 Å². The topological polar surface area (TPSA) is 99.2 Å². The number of nitro benzene ring substituents is 2. The molecule has 0 unspecified atom stereocenters. The molecule has 1 aromatic carbocycles. The van der Waals surface area contributed by atoms with Gasteiger partial charge in [-0.05, 0) is 24.1 Å². The molecule has 0 amide bonds. The summed E-state index contributed by atoms with van der Waals surface area (Å²) in [6, 6.07) is 6.06. The summed E-state index contributed by atoms with van der Waals surface area (Å²) in [5, 5.41) is 22.1. The van der Waals surface area contributed by atoms with Crippen molar-refractivity contribution in [2.75, 3.05) is 0 Å². The summed E-state index contributed by atoms with van der Waals surface area (Å²) in [6.45, 7) is 1.80. The first-order chi connectivity index (χ1) is 9.47. The number of aromatic nitrogens is 1. The maximum Gasteiger partial charge on any atom is 0.285 e. The number of nitrogens with zero attached hydrogens (tertiary/aromatic N) is 3. The second kappa shape index (κ2) is 4.09. The van der Waals surface area contributed by atoms with Gasteiger partial charge in [0.2, 0.25) is 0 Å². The van der Waals surface area contributed by atoms with Crippen LogP contribution >= 0.6 is 0 Å². The maximum absolute atomic E-state index is 11.2. The van der Waals surface area contributed by atoms with Gasteiger partial charge in [-0.25, -0.2) is 0 Å². The average Bonchev–Trinajstić information content (AvgIpc) is 2.75. The first-order valence-corrected chi connectivity index (χ1v) is 5.90. The van der Waals surface area contributed by atoms with E-state index in [4.69, 9.17) is 0 Å². The zero-order valence-corrected chi connectivity index (χ0v) is 10.5. The second-order valence-corrected chi connectivity index (χ2v) is 4.65. The lowest BCUT2D eigenvalue weighted by Crippen LogP contribution is -1.97. The summed E-state index contributed by atoms with van der Waals surface area (Å²) < 4.78 is 0. The first-order valence-electron chi connectivity index (χ1n) is 5.90. The molecule has 0 fully saturated rings. The second-order valence-electron chi connectivity index (χ2n) is 4.65. The highest BCUT2D eigenvalue weighted by atomic mass is 16.6. The molecule has 0 bridgehead atoms. The van der Waals surface area contributed by atoms with Crippen LogP contribution in [0.5, 0.6) is 0 Å². The van der Waals surface area contributed by atoms with E-state index in [2.05, 4.69) is 4.98 Å². The number of fused-ring (bicyclic) bond motifs is 3. The summed E-state index contributed by atoms with van der Waals surface area (Å²) >= 11 is 0. The molecule has 7 nitrogen and oxygen atoms in total. The molecule has 7 heteroatoms. The Balaban J connectivity index is 2.32. The van der Waals surface area contributed by atoms with Crippen LogP contribution in [0.2, 0.25) is 0 Å². The lowest BCUT2D eigenvalue weighted by Gasteiger charge is -2.03. The van der Waals surface area contributed by atoms with Crippen LogP contribution in [0.1, 0.15) is 16.8 Å². The quantitative estimate of drug-likeness (QED) is 0.527. The molecule has 20 heavy (non-hydrogen) atoms. The maximum atomic E-state index is 11.2. The van der Waals surface area contributed by atoms with Crippen LogP contribution in [0.3, 0.4) is 0 Å². The van der Waals surface area contributed by atoms with Gasteiger partial charge in [0.1, 0.15) is 0 Å². The van der Waals surface area contributed by atoms with Crippen LogP contribution in [0.25, 0.3) is 11.3 Å². The van der Waals surface area contributed by atoms with Crippen LogP contribution < -0.4 is 0 Å². The van der Waals surface area contributed by atoms with E-state index in [9.17, 15) is 20.2 Å². The third kappa shape index (κ3) is 1.71. The largest absolute Gasteiger partial charge is 0.285 e. The molecule has 0 saturated heterocycles. The van der Waals surface area contributed by atoms with E-state index in [0.717, 1.165) is 17.3 Å². The molecule has 0 saturated carbocycles. The predicted octanol–water partition coefficient (Wildman–Crippen LogP) is 2.78. The minimum Gasteiger partial charge on any atom is -0.258 e. The Morgan fingerprint density at radius 2 is 1.85 bits per heavy atom. The molecule has 0 spiro atoms. The summed E-state index contributed by atoms with van der Waals surface area (Å²) in [5.74, 6) is 0. The number of hydrogen-bond acceptors (Lipinski definition) is 5. The van der Waals surface area contributed by atoms with E-state index in [1.807, 2.05) is 12.1 Å². The highest BCUT2D eigenvalue weighted by Gasteiger charge is 2.31. The van der Waals surface area contributed by atoms with Gasteiger partial charge < -0.3 is 0 Å². The van der Waals surface area contributed by atoms with Crippen molar-refractivity contribution in [3.63, 3.8) is 0 Å². The van der Waals surface area contributed by atoms with E-state index in [-0.39, 0.29) is 11.4 Å². The van der Waals surface area contributed by atoms with Gasteiger partial charge in [-0.3, -0.25) is 25.2 Å². The Bertz CT molecular complexity index is 770. The average molecular weight is 271 g/mol. The number of rotatable bonds is 2. The van der Waals surface area contributed by atoms with Gasteiger partial charge >= 0.3 is 0 Å². The highest BCUT2D eigenvalue weighted by Crippen LogP contribution is 2.43. The van der Waals surface area contributed by atoms with Crippen molar-refractivity contribution >= 4 is 11.4 Å². The Morgan fingerprint density at radius 1 is 1.10 bits per heavy atom. The van der Waals surface area contributed by atoms with Crippen LogP contribution in [-0.4, -0.2) is 14.8 Å². The number of aryl methyl sites for hydroxylation is 1. The monoisotopic (exact) mass is 271 g/mol. The summed E-state index contributed by atoms with van der Waals surface area (Å²) in [7, 11) is 0. The van der Waals surface area contributed by atoms with Gasteiger partial charge in [-0.2, -0.15) is 0 Å². The fraction of sp³-hybridized carbons (Fsp3) is 0.154. The third-order valence-corrected chi connectivity index (χ3v) is 3.33. The molecule has 3 rings (SSSR count). The molecule has 0 aliphatic heterocycles. The van der Waals surface area contributed by atoms with Crippen LogP contribution in [0.15, 0.2) is 24.3 Å². The first kappa shape index (κ1) is 12.2. The molecule has 1 aliphatic carbocycles. The molecule has 2 aromatic rings. The van der Waals surface area contributed by atoms with Crippen LogP contribution in [0.4, 0.5) is 11.4 Å². The Morgan fingerprint density at radius 3 is 2.50 bits per heavy atom. The Hall–Kier alpha value is -2.83. The molecule has 100 valence electrons. The summed E-state index contributed by atoms with van der Waals surface area (Å²) in [6.07, 6.45) is 0.431. The fourth-order valence-corrected chi connectivity index (χ4v) is 2.48. The smallest absolute Gasteiger partial charge is 0.258 e. The number of pyridine rings is 1. The van der Waals surface area contributed by atoms with Crippen LogP contribution in [0, 0.1) is 27.2 Å². The summed E-state index contributed by atoms with van der Waals surface area (Å²) in [5.41, 5.74) is 2.63. The molecule has 1 aromatic heterocycles. The van der Waals surface area contributed by atoms with Gasteiger partial charge in [0, 0.05) is 18.2 Å². The minimum absolute atomic E-state index is 0.258. The predicted molar refractivity (Wildman–Crippen MR) is 70.5 cm³/mol. The van der Waals surface area contributed by atoms with E-state index in [0.29, 0.717) is 23.2 Å². The van der Waals surface area contributed by atoms with E-state index in [1.165, 1.54) is 6.07 Å². The van der Waals surface area contributed by atoms with Crippen molar-refractivity contribution in [1.29, 1.82) is 0 Å². The number of non-ortho nitro benzene ring substituents is 1. The molecule has 0 N–H and O–H groups in total. The van der Waals surface area contributed by atoms with Crippen LogP contribution in [-0.2, 0) is 6.42 Å². The van der Waals surface area contributed by atoms with Crippen molar-refractivity contribution in [2.24, 2.45) is 0 Å². The molecule has 0 radical (unpaired) electrons. The van der Waals surface area contributed by atoms with E-state index >= 15 is 0 Å². The summed E-state index contributed by atoms with van der Waals surface area (Å²) in [4.78, 5) is 25.2. The number of hydrogen-bond donors (Lipinski definition) is 0. The van der Waals surface area contributed by atoms with Crippen molar-refractivity contribution < 1.29 is 9.85 Å². The number of benzene rings is 1. The van der Waals surface area contributed by atoms with Gasteiger partial charge in [-0.15, -0.1) is 0 Å². The Labute approximate surface area is 113 Å². The third-order valence-electron chi connectivity index (χ3n) is 3.33. The fourth-order valence-electron chi connectivity index (χ4n) is 2.48. The Kier molecular flexibility index (Phi) is 2.50. The van der Waals surface area contributed by atoms with Gasteiger partial charge in [0.25, 0.3) is 11.4 Å². The number of nitro groups is 2. The van der Waals surface area contributed by atoms with Gasteiger partial charge in [0.05, 0.1) is 27.2 Å². The molecule has 1 aliphatic rings. The van der Waals surface area contributed by atoms with Crippen molar-refractivity contribution in [1.82, 2.24) is 4.98 Å². The normalized spacial score (nSPS) is 11.8. The van der Waals surface area contributed by atoms with E-state index in [1.54, 1.807) is 6.92 Å². The lowest BCUT2D eigenvalue weighted by molar-refractivity contribution is -0.393. The SMILES string of the molecule is Cc1ccc2c(n1)-c1c(cc([N+](=O)[O-])cc1[N+](=O)[O-])C2. The zero-order valence-electron chi connectivity index (χ0n) is 10.5. The molecule has 0 atom stereocenters. The lowest BCUT2D eigenvalue weighted by atomic mass is 10.1. The minimum atomic E-state index is -0.616. The van der Waals surface area contributed by atoms with E-state index < -0.39 is 9.85 Å². The molecular formula is C13H9N3O4. The molecular weight excluding hydrogens is 262 g/mol. The standard InChI is InChI=1S/C13H9N3O4/c1-7-2-3-8-4-9-5-10(15(17)18)6-11(16(19)20)12(9)13(8)14-7/h2-3,5-6H,4H2,1H3. The van der Waals surface area contributed by atoms with Crippen molar-refractivity contribution in [3.05, 3.63) is 61.3 Å². The van der Waals surface area contributed by atoms with Gasteiger partial charge in [-0.1, -0.05) is 6.07 Å².